The van der Waals surface area contributed by atoms with Crippen molar-refractivity contribution >= 4 is 28.3 Å². The number of carbonyl (C=O) groups is 1. The molecule has 3 rings (SSSR count). The lowest BCUT2D eigenvalue weighted by Crippen LogP contribution is -2.46. The second-order valence-electron chi connectivity index (χ2n) is 7.49. The van der Waals surface area contributed by atoms with Crippen LogP contribution >= 0.6 is 12.4 Å². The SMILES string of the molecule is CNC1CCCN(C(=O)c2ccc(S(=O)(=O)N3CCC(C)CC3)cc2)C1.Cl. The van der Waals surface area contributed by atoms with Crippen molar-refractivity contribution in [3.05, 3.63) is 29.8 Å². The van der Waals surface area contributed by atoms with Gasteiger partial charge in [-0.1, -0.05) is 6.92 Å². The molecule has 2 heterocycles. The Labute approximate surface area is 168 Å². The Hall–Kier alpha value is -1.15. The van der Waals surface area contributed by atoms with Gasteiger partial charge < -0.3 is 10.2 Å². The van der Waals surface area contributed by atoms with Crippen LogP contribution in [-0.2, 0) is 10.0 Å². The van der Waals surface area contributed by atoms with Gasteiger partial charge in [-0.25, -0.2) is 8.42 Å². The number of likely N-dealkylation sites (tertiary alicyclic amines) is 1. The molecule has 1 aromatic carbocycles. The fourth-order valence-electron chi connectivity index (χ4n) is 3.72. The molecule has 2 fully saturated rings. The Kier molecular flexibility index (Phi) is 7.68. The van der Waals surface area contributed by atoms with Crippen molar-refractivity contribution in [2.45, 2.75) is 43.5 Å². The van der Waals surface area contributed by atoms with E-state index in [-0.39, 0.29) is 23.2 Å². The van der Waals surface area contributed by atoms with E-state index in [2.05, 4.69) is 12.2 Å². The quantitative estimate of drug-likeness (QED) is 0.819. The molecule has 8 heteroatoms. The summed E-state index contributed by atoms with van der Waals surface area (Å²) in [7, 11) is -1.55. The van der Waals surface area contributed by atoms with Crippen molar-refractivity contribution in [1.29, 1.82) is 0 Å². The smallest absolute Gasteiger partial charge is 0.253 e. The Morgan fingerprint density at radius 2 is 1.70 bits per heavy atom. The van der Waals surface area contributed by atoms with Crippen molar-refractivity contribution in [3.8, 4) is 0 Å². The van der Waals surface area contributed by atoms with Crippen molar-refractivity contribution < 1.29 is 13.2 Å². The zero-order chi connectivity index (χ0) is 18.7. The molecule has 1 amide bonds. The van der Waals surface area contributed by atoms with Crippen LogP contribution in [-0.4, -0.2) is 62.8 Å². The second-order valence-corrected chi connectivity index (χ2v) is 9.43. The van der Waals surface area contributed by atoms with Gasteiger partial charge in [-0.15, -0.1) is 12.4 Å². The Bertz CT molecular complexity index is 731. The zero-order valence-electron chi connectivity index (χ0n) is 16.1. The molecule has 2 aliphatic rings. The normalized spacial score (nSPS) is 22.3. The maximum Gasteiger partial charge on any atom is 0.253 e. The molecule has 0 aliphatic carbocycles. The number of likely N-dealkylation sites (N-methyl/N-ethyl adjacent to an activating group) is 1. The van der Waals surface area contributed by atoms with E-state index in [1.165, 1.54) is 0 Å². The first-order chi connectivity index (χ1) is 12.4. The molecule has 1 unspecified atom stereocenters. The summed E-state index contributed by atoms with van der Waals surface area (Å²) in [6.45, 7) is 4.75. The summed E-state index contributed by atoms with van der Waals surface area (Å²) in [4.78, 5) is 14.8. The number of amides is 1. The van der Waals surface area contributed by atoms with E-state index in [9.17, 15) is 13.2 Å². The number of halogens is 1. The van der Waals surface area contributed by atoms with Gasteiger partial charge in [-0.05, 0) is 62.9 Å². The highest BCUT2D eigenvalue weighted by Crippen LogP contribution is 2.24. The number of nitrogens with one attached hydrogen (secondary N) is 1. The molecule has 27 heavy (non-hydrogen) atoms. The van der Waals surface area contributed by atoms with Crippen molar-refractivity contribution in [3.63, 3.8) is 0 Å². The minimum absolute atomic E-state index is 0. The van der Waals surface area contributed by atoms with Gasteiger partial charge in [-0.3, -0.25) is 4.79 Å². The summed E-state index contributed by atoms with van der Waals surface area (Å²) in [5.41, 5.74) is 0.549. The fraction of sp³-hybridized carbons (Fsp3) is 0.632. The molecule has 1 N–H and O–H groups in total. The van der Waals surface area contributed by atoms with E-state index in [4.69, 9.17) is 0 Å². The summed E-state index contributed by atoms with van der Waals surface area (Å²) in [5.74, 6) is 0.549. The Balaban J connectivity index is 0.00000261. The average Bonchev–Trinajstić information content (AvgIpc) is 2.68. The predicted molar refractivity (Wildman–Crippen MR) is 109 cm³/mol. The summed E-state index contributed by atoms with van der Waals surface area (Å²) >= 11 is 0. The first kappa shape index (κ1) is 22.1. The van der Waals surface area contributed by atoms with Gasteiger partial charge in [0.1, 0.15) is 0 Å². The monoisotopic (exact) mass is 415 g/mol. The summed E-state index contributed by atoms with van der Waals surface area (Å²) in [6.07, 6.45) is 3.86. The number of benzene rings is 1. The first-order valence-corrected chi connectivity index (χ1v) is 10.9. The molecule has 0 spiro atoms. The second kappa shape index (κ2) is 9.37. The van der Waals surface area contributed by atoms with Crippen LogP contribution in [0, 0.1) is 5.92 Å². The summed E-state index contributed by atoms with van der Waals surface area (Å²) in [6, 6.07) is 6.75. The molecule has 6 nitrogen and oxygen atoms in total. The van der Waals surface area contributed by atoms with E-state index in [1.54, 1.807) is 28.6 Å². The molecule has 2 aliphatic heterocycles. The number of piperidine rings is 2. The third kappa shape index (κ3) is 5.02. The molecular weight excluding hydrogens is 386 g/mol. The van der Waals surface area contributed by atoms with Crippen LogP contribution in [0.15, 0.2) is 29.2 Å². The van der Waals surface area contributed by atoms with Crippen molar-refractivity contribution in [2.75, 3.05) is 33.2 Å². The standard InChI is InChI=1S/C19H29N3O3S.ClH/c1-15-9-12-22(13-10-15)26(24,25)18-7-5-16(6-8-18)19(23)21-11-3-4-17(14-21)20-2;/h5-8,15,17,20H,3-4,9-14H2,1-2H3;1H. The van der Waals surface area contributed by atoms with E-state index in [0.29, 0.717) is 37.2 Å². The molecule has 152 valence electrons. The number of rotatable bonds is 4. The fourth-order valence-corrected chi connectivity index (χ4v) is 5.19. The van der Waals surface area contributed by atoms with Crippen molar-refractivity contribution in [2.24, 2.45) is 5.92 Å². The molecule has 0 bridgehead atoms. The van der Waals surface area contributed by atoms with Crippen LogP contribution in [0.2, 0.25) is 0 Å². The number of nitrogens with zero attached hydrogens (tertiary/aromatic N) is 2. The number of hydrogen-bond donors (Lipinski definition) is 1. The lowest BCUT2D eigenvalue weighted by atomic mass is 10.0. The molecule has 0 radical (unpaired) electrons. The largest absolute Gasteiger partial charge is 0.337 e. The molecule has 1 aromatic rings. The highest BCUT2D eigenvalue weighted by molar-refractivity contribution is 7.89. The maximum atomic E-state index is 12.8. The molecule has 2 saturated heterocycles. The third-order valence-corrected chi connectivity index (χ3v) is 7.51. The van der Waals surface area contributed by atoms with Crippen LogP contribution < -0.4 is 5.32 Å². The van der Waals surface area contributed by atoms with Gasteiger partial charge in [0.25, 0.3) is 5.91 Å². The van der Waals surface area contributed by atoms with Crippen molar-refractivity contribution in [1.82, 2.24) is 14.5 Å². The lowest BCUT2D eigenvalue weighted by Gasteiger charge is -2.32. The van der Waals surface area contributed by atoms with Crippen LogP contribution in [0.5, 0.6) is 0 Å². The van der Waals surface area contributed by atoms with E-state index >= 15 is 0 Å². The minimum Gasteiger partial charge on any atom is -0.337 e. The third-order valence-electron chi connectivity index (χ3n) is 5.60. The van der Waals surface area contributed by atoms with Crippen LogP contribution in [0.25, 0.3) is 0 Å². The average molecular weight is 416 g/mol. The van der Waals surface area contributed by atoms with Gasteiger partial charge in [0.15, 0.2) is 0 Å². The Morgan fingerprint density at radius 1 is 1.07 bits per heavy atom. The minimum atomic E-state index is -3.47. The topological polar surface area (TPSA) is 69.7 Å². The van der Waals surface area contributed by atoms with E-state index < -0.39 is 10.0 Å². The Morgan fingerprint density at radius 3 is 2.30 bits per heavy atom. The van der Waals surface area contributed by atoms with Gasteiger partial charge >= 0.3 is 0 Å². The van der Waals surface area contributed by atoms with Crippen LogP contribution in [0.3, 0.4) is 0 Å². The molecular formula is C19H30ClN3O3S. The lowest BCUT2D eigenvalue weighted by molar-refractivity contribution is 0.0698. The zero-order valence-corrected chi connectivity index (χ0v) is 17.7. The van der Waals surface area contributed by atoms with E-state index in [0.717, 1.165) is 32.2 Å². The number of hydrogen-bond acceptors (Lipinski definition) is 4. The van der Waals surface area contributed by atoms with Crippen LogP contribution in [0.4, 0.5) is 0 Å². The van der Waals surface area contributed by atoms with E-state index in [1.807, 2.05) is 11.9 Å². The number of sulfonamides is 1. The first-order valence-electron chi connectivity index (χ1n) is 9.48. The summed E-state index contributed by atoms with van der Waals surface area (Å²) in [5, 5.41) is 3.23. The molecule has 1 atom stereocenters. The van der Waals surface area contributed by atoms with Gasteiger partial charge in [0.05, 0.1) is 4.90 Å². The highest BCUT2D eigenvalue weighted by atomic mass is 35.5. The van der Waals surface area contributed by atoms with Gasteiger partial charge in [-0.2, -0.15) is 4.31 Å². The molecule has 0 aromatic heterocycles. The summed E-state index contributed by atoms with van der Waals surface area (Å²) < 4.78 is 27.1. The molecule has 0 saturated carbocycles. The van der Waals surface area contributed by atoms with Gasteiger partial charge in [0, 0.05) is 37.8 Å². The highest BCUT2D eigenvalue weighted by Gasteiger charge is 2.29. The number of carbonyl (C=O) groups excluding carboxylic acids is 1. The maximum absolute atomic E-state index is 12.8. The predicted octanol–water partition coefficient (Wildman–Crippen LogP) is 2.35. The van der Waals surface area contributed by atoms with Crippen LogP contribution in [0.1, 0.15) is 43.0 Å². The van der Waals surface area contributed by atoms with Gasteiger partial charge in [0.2, 0.25) is 10.0 Å².